The van der Waals surface area contributed by atoms with Gasteiger partial charge in [0.15, 0.2) is 0 Å². The predicted molar refractivity (Wildman–Crippen MR) is 196 cm³/mol. The number of hydrogen-bond acceptors (Lipinski definition) is 2. The number of hydrogen-bond donors (Lipinski definition) is 1. The van der Waals surface area contributed by atoms with E-state index in [1.54, 1.807) is 6.07 Å². The van der Waals surface area contributed by atoms with Crippen LogP contribution in [0.5, 0.6) is 5.75 Å². The normalized spacial score (nSPS) is 14.4. The van der Waals surface area contributed by atoms with E-state index < -0.39 is 0 Å². The molecule has 0 bridgehead atoms. The van der Waals surface area contributed by atoms with Crippen LogP contribution in [-0.2, 0) is 0 Å². The highest BCUT2D eigenvalue weighted by Gasteiger charge is 2.29. The monoisotopic (exact) mass is 604 g/mol. The second-order valence-electron chi connectivity index (χ2n) is 12.6. The van der Waals surface area contributed by atoms with E-state index in [0.29, 0.717) is 0 Å². The maximum atomic E-state index is 11.4. The largest absolute Gasteiger partial charge is 0.507 e. The number of aromatic hydroxyl groups is 1. The number of furan rings is 1. The number of benzene rings is 7. The molecule has 8 aromatic rings. The van der Waals surface area contributed by atoms with Crippen molar-refractivity contribution in [1.29, 1.82) is 0 Å². The second kappa shape index (κ2) is 10.9. The third kappa shape index (κ3) is 4.33. The predicted octanol–water partition coefficient (Wildman–Crippen LogP) is 12.4. The average Bonchev–Trinajstić information content (AvgIpc) is 3.53. The Kier molecular flexibility index (Phi) is 6.36. The molecule has 224 valence electrons. The molecular weight excluding hydrogens is 572 g/mol. The molecule has 1 unspecified atom stereocenters. The lowest BCUT2D eigenvalue weighted by Gasteiger charge is -2.19. The van der Waals surface area contributed by atoms with Crippen LogP contribution in [0.2, 0.25) is 0 Å². The molecule has 1 N–H and O–H groups in total. The average molecular weight is 605 g/mol. The molecule has 0 fully saturated rings. The molecular formula is C45H32O2. The van der Waals surface area contributed by atoms with Gasteiger partial charge < -0.3 is 9.52 Å². The minimum Gasteiger partial charge on any atom is -0.507 e. The quantitative estimate of drug-likeness (QED) is 0.203. The van der Waals surface area contributed by atoms with Gasteiger partial charge in [0.05, 0.1) is 0 Å². The van der Waals surface area contributed by atoms with Gasteiger partial charge in [-0.15, -0.1) is 0 Å². The molecule has 1 aliphatic rings. The third-order valence-electron chi connectivity index (χ3n) is 9.80. The molecule has 47 heavy (non-hydrogen) atoms. The van der Waals surface area contributed by atoms with Gasteiger partial charge in [-0.05, 0) is 56.5 Å². The first-order valence-electron chi connectivity index (χ1n) is 16.3. The molecule has 1 heterocycles. The van der Waals surface area contributed by atoms with Crippen molar-refractivity contribution < 1.29 is 9.52 Å². The van der Waals surface area contributed by atoms with E-state index in [9.17, 15) is 5.11 Å². The summed E-state index contributed by atoms with van der Waals surface area (Å²) in [6.45, 7) is 2.25. The van der Waals surface area contributed by atoms with Gasteiger partial charge in [-0.2, -0.15) is 0 Å². The van der Waals surface area contributed by atoms with E-state index in [0.717, 1.165) is 66.9 Å². The number of phenols is 1. The van der Waals surface area contributed by atoms with E-state index in [1.807, 2.05) is 12.1 Å². The van der Waals surface area contributed by atoms with E-state index in [1.165, 1.54) is 27.8 Å². The Hall–Kier alpha value is -5.86. The van der Waals surface area contributed by atoms with Crippen LogP contribution in [0.25, 0.3) is 71.5 Å². The lowest BCUT2D eigenvalue weighted by atomic mass is 9.83. The van der Waals surface area contributed by atoms with Crippen molar-refractivity contribution in [2.45, 2.75) is 19.3 Å². The van der Waals surface area contributed by atoms with Gasteiger partial charge in [-0.3, -0.25) is 0 Å². The fourth-order valence-electron chi connectivity index (χ4n) is 7.60. The Morgan fingerprint density at radius 3 is 1.83 bits per heavy atom. The lowest BCUT2D eigenvalue weighted by molar-refractivity contribution is 0.482. The van der Waals surface area contributed by atoms with Crippen LogP contribution in [0, 0.1) is 0 Å². The fourth-order valence-corrected chi connectivity index (χ4v) is 7.60. The Bertz CT molecular complexity index is 2480. The molecule has 1 atom stereocenters. The molecule has 9 rings (SSSR count). The Morgan fingerprint density at radius 2 is 1.09 bits per heavy atom. The zero-order valence-corrected chi connectivity index (χ0v) is 26.1. The molecule has 0 spiro atoms. The molecule has 1 aromatic heterocycles. The minimum absolute atomic E-state index is 0.260. The number of phenolic OH excluding ortho intramolecular Hbond substituents is 1. The van der Waals surface area contributed by atoms with Gasteiger partial charge in [-0.1, -0.05) is 153 Å². The maximum absolute atomic E-state index is 11.4. The molecule has 0 aliphatic heterocycles. The highest BCUT2D eigenvalue weighted by atomic mass is 16.3. The minimum atomic E-state index is 0.260. The van der Waals surface area contributed by atoms with Crippen LogP contribution in [0.1, 0.15) is 36.1 Å². The van der Waals surface area contributed by atoms with Crippen molar-refractivity contribution >= 4 is 38.1 Å². The summed E-state index contributed by atoms with van der Waals surface area (Å²) in [5.74, 6) is 1.57. The van der Waals surface area contributed by atoms with Crippen molar-refractivity contribution in [1.82, 2.24) is 0 Å². The van der Waals surface area contributed by atoms with Crippen LogP contribution in [0.15, 0.2) is 156 Å². The zero-order valence-electron chi connectivity index (χ0n) is 26.1. The SMILES string of the molecule is CC1CC=C(c2ccc(-c3ccccc3)cc2)c2c1oc1c(-c3c4ccccc4c(-c4ccccc4)c4c(O)cccc34)cccc21. The summed E-state index contributed by atoms with van der Waals surface area (Å²) >= 11 is 0. The molecule has 0 amide bonds. The van der Waals surface area contributed by atoms with Crippen molar-refractivity contribution in [2.24, 2.45) is 0 Å². The Morgan fingerprint density at radius 1 is 0.511 bits per heavy atom. The van der Waals surface area contributed by atoms with Crippen LogP contribution in [-0.4, -0.2) is 5.11 Å². The summed E-state index contributed by atoms with van der Waals surface area (Å²) in [6.07, 6.45) is 3.30. The Labute approximate surface area is 273 Å². The summed E-state index contributed by atoms with van der Waals surface area (Å²) in [6, 6.07) is 50.8. The van der Waals surface area contributed by atoms with Gasteiger partial charge in [-0.25, -0.2) is 0 Å². The highest BCUT2D eigenvalue weighted by Crippen LogP contribution is 2.50. The summed E-state index contributed by atoms with van der Waals surface area (Å²) in [4.78, 5) is 0. The van der Waals surface area contributed by atoms with Gasteiger partial charge >= 0.3 is 0 Å². The van der Waals surface area contributed by atoms with Crippen LogP contribution in [0.4, 0.5) is 0 Å². The fraction of sp³-hybridized carbons (Fsp3) is 0.0667. The first-order valence-corrected chi connectivity index (χ1v) is 16.3. The lowest BCUT2D eigenvalue weighted by Crippen LogP contribution is -2.02. The van der Waals surface area contributed by atoms with Crippen molar-refractivity contribution in [3.05, 3.63) is 169 Å². The van der Waals surface area contributed by atoms with Crippen molar-refractivity contribution in [3.8, 4) is 39.1 Å². The first kappa shape index (κ1) is 27.5. The van der Waals surface area contributed by atoms with Gasteiger partial charge in [0.1, 0.15) is 17.1 Å². The number of allylic oxidation sites excluding steroid dienone is 1. The molecule has 2 heteroatoms. The van der Waals surface area contributed by atoms with E-state index >= 15 is 0 Å². The number of fused-ring (bicyclic) bond motifs is 5. The zero-order chi connectivity index (χ0) is 31.5. The topological polar surface area (TPSA) is 33.4 Å². The molecule has 0 radical (unpaired) electrons. The first-order chi connectivity index (χ1) is 23.2. The van der Waals surface area contributed by atoms with E-state index in [4.69, 9.17) is 4.42 Å². The van der Waals surface area contributed by atoms with Crippen LogP contribution in [0.3, 0.4) is 0 Å². The van der Waals surface area contributed by atoms with Crippen LogP contribution >= 0.6 is 0 Å². The molecule has 7 aromatic carbocycles. The summed E-state index contributed by atoms with van der Waals surface area (Å²) < 4.78 is 6.97. The molecule has 0 saturated carbocycles. The van der Waals surface area contributed by atoms with Gasteiger partial charge in [0.2, 0.25) is 0 Å². The van der Waals surface area contributed by atoms with Gasteiger partial charge in [0.25, 0.3) is 0 Å². The second-order valence-corrected chi connectivity index (χ2v) is 12.6. The molecule has 0 saturated heterocycles. The van der Waals surface area contributed by atoms with Crippen molar-refractivity contribution in [3.63, 3.8) is 0 Å². The van der Waals surface area contributed by atoms with E-state index in [-0.39, 0.29) is 11.7 Å². The standard InChI is InChI=1S/C45H32O2/c1-28-22-27-33(31-25-23-30(24-26-31)29-12-4-2-5-13-29)42-38-20-10-19-37(45(38)47-44(28)42)41-35-17-9-8-16-34(35)40(32-14-6-3-7-15-32)43-36(41)18-11-21-39(43)46/h2-21,23-28,46H,22H2,1H3. The molecule has 1 aliphatic carbocycles. The van der Waals surface area contributed by atoms with Crippen LogP contribution < -0.4 is 0 Å². The van der Waals surface area contributed by atoms with Crippen molar-refractivity contribution in [2.75, 3.05) is 0 Å². The maximum Gasteiger partial charge on any atom is 0.142 e. The van der Waals surface area contributed by atoms with E-state index in [2.05, 4.69) is 140 Å². The smallest absolute Gasteiger partial charge is 0.142 e. The summed E-state index contributed by atoms with van der Waals surface area (Å²) in [5.41, 5.74) is 11.2. The summed E-state index contributed by atoms with van der Waals surface area (Å²) in [5, 5.41) is 16.7. The number of para-hydroxylation sites is 1. The molecule has 2 nitrogen and oxygen atoms in total. The number of rotatable bonds is 4. The highest BCUT2D eigenvalue weighted by molar-refractivity contribution is 6.24. The van der Waals surface area contributed by atoms with Gasteiger partial charge in [0, 0.05) is 38.9 Å². The Balaban J connectivity index is 1.29. The third-order valence-corrected chi connectivity index (χ3v) is 9.80. The summed E-state index contributed by atoms with van der Waals surface area (Å²) in [7, 11) is 0.